The van der Waals surface area contributed by atoms with Crippen molar-refractivity contribution in [1.29, 1.82) is 0 Å². The molecular weight excluding hydrogens is 233 g/mol. The standard InChI is InChI=1S/C14H18FNO2/c1-18-14(17)13-4-2-3-9-16(13)10-11-5-7-12(15)8-6-11/h5-8,13H,2-4,9-10H2,1H3. The number of nitrogens with zero attached hydrogens (tertiary/aromatic N) is 1. The van der Waals surface area contributed by atoms with Crippen molar-refractivity contribution in [1.82, 2.24) is 4.90 Å². The number of methoxy groups -OCH3 is 1. The molecule has 1 unspecified atom stereocenters. The summed E-state index contributed by atoms with van der Waals surface area (Å²) in [6.45, 7) is 1.55. The predicted molar refractivity (Wildman–Crippen MR) is 66.5 cm³/mol. The predicted octanol–water partition coefficient (Wildman–Crippen LogP) is 2.35. The van der Waals surface area contributed by atoms with Crippen LogP contribution in [0.4, 0.5) is 4.39 Å². The summed E-state index contributed by atoms with van der Waals surface area (Å²) in [7, 11) is 1.42. The number of hydrogen-bond acceptors (Lipinski definition) is 3. The van der Waals surface area contributed by atoms with Gasteiger partial charge in [0.05, 0.1) is 7.11 Å². The van der Waals surface area contributed by atoms with Crippen molar-refractivity contribution >= 4 is 5.97 Å². The van der Waals surface area contributed by atoms with Crippen molar-refractivity contribution in [3.8, 4) is 0 Å². The molecule has 1 fully saturated rings. The number of ether oxygens (including phenoxy) is 1. The van der Waals surface area contributed by atoms with Crippen molar-refractivity contribution < 1.29 is 13.9 Å². The van der Waals surface area contributed by atoms with Gasteiger partial charge in [-0.2, -0.15) is 0 Å². The lowest BCUT2D eigenvalue weighted by Crippen LogP contribution is -2.44. The van der Waals surface area contributed by atoms with Gasteiger partial charge in [-0.05, 0) is 37.1 Å². The molecule has 18 heavy (non-hydrogen) atoms. The van der Waals surface area contributed by atoms with Crippen LogP contribution in [0.3, 0.4) is 0 Å². The Labute approximate surface area is 107 Å². The van der Waals surface area contributed by atoms with Crippen molar-refractivity contribution in [2.24, 2.45) is 0 Å². The molecule has 3 nitrogen and oxygen atoms in total. The number of esters is 1. The van der Waals surface area contributed by atoms with E-state index in [1.54, 1.807) is 12.1 Å². The molecule has 1 aromatic carbocycles. The summed E-state index contributed by atoms with van der Waals surface area (Å²) in [5, 5.41) is 0. The number of rotatable bonds is 3. The van der Waals surface area contributed by atoms with Gasteiger partial charge in [-0.1, -0.05) is 18.6 Å². The van der Waals surface area contributed by atoms with Gasteiger partial charge in [-0.15, -0.1) is 0 Å². The summed E-state index contributed by atoms with van der Waals surface area (Å²) >= 11 is 0. The monoisotopic (exact) mass is 251 g/mol. The quantitative estimate of drug-likeness (QED) is 0.772. The first-order chi connectivity index (χ1) is 8.70. The number of likely N-dealkylation sites (tertiary alicyclic amines) is 1. The van der Waals surface area contributed by atoms with Gasteiger partial charge in [0.2, 0.25) is 0 Å². The third-order valence-electron chi connectivity index (χ3n) is 3.39. The van der Waals surface area contributed by atoms with Crippen LogP contribution in [-0.4, -0.2) is 30.6 Å². The maximum absolute atomic E-state index is 12.8. The molecule has 1 aliphatic rings. The van der Waals surface area contributed by atoms with Gasteiger partial charge in [-0.3, -0.25) is 9.69 Å². The van der Waals surface area contributed by atoms with Gasteiger partial charge in [0.15, 0.2) is 0 Å². The van der Waals surface area contributed by atoms with Crippen LogP contribution < -0.4 is 0 Å². The summed E-state index contributed by atoms with van der Waals surface area (Å²) < 4.78 is 17.7. The topological polar surface area (TPSA) is 29.5 Å². The summed E-state index contributed by atoms with van der Waals surface area (Å²) in [6, 6.07) is 6.27. The van der Waals surface area contributed by atoms with Crippen molar-refractivity contribution in [3.05, 3.63) is 35.6 Å². The van der Waals surface area contributed by atoms with Crippen LogP contribution in [0.25, 0.3) is 0 Å². The highest BCUT2D eigenvalue weighted by Gasteiger charge is 2.29. The zero-order valence-electron chi connectivity index (χ0n) is 10.6. The van der Waals surface area contributed by atoms with Crippen molar-refractivity contribution in [2.75, 3.05) is 13.7 Å². The molecule has 1 atom stereocenters. The lowest BCUT2D eigenvalue weighted by Gasteiger charge is -2.33. The van der Waals surface area contributed by atoms with E-state index in [1.807, 2.05) is 0 Å². The normalized spacial score (nSPS) is 20.7. The minimum absolute atomic E-state index is 0.159. The van der Waals surface area contributed by atoms with Crippen LogP contribution in [-0.2, 0) is 16.1 Å². The van der Waals surface area contributed by atoms with E-state index < -0.39 is 0 Å². The number of carbonyl (C=O) groups is 1. The van der Waals surface area contributed by atoms with E-state index in [2.05, 4.69) is 4.90 Å². The van der Waals surface area contributed by atoms with Gasteiger partial charge in [0.25, 0.3) is 0 Å². The lowest BCUT2D eigenvalue weighted by atomic mass is 10.0. The van der Waals surface area contributed by atoms with Crippen LogP contribution >= 0.6 is 0 Å². The zero-order valence-corrected chi connectivity index (χ0v) is 10.6. The zero-order chi connectivity index (χ0) is 13.0. The summed E-state index contributed by atoms with van der Waals surface area (Å²) in [5.74, 6) is -0.404. The molecule has 0 radical (unpaired) electrons. The molecule has 0 spiro atoms. The molecule has 98 valence electrons. The maximum atomic E-state index is 12.8. The Kier molecular flexibility index (Phi) is 4.31. The van der Waals surface area contributed by atoms with E-state index in [9.17, 15) is 9.18 Å². The molecule has 2 rings (SSSR count). The highest BCUT2D eigenvalue weighted by atomic mass is 19.1. The third kappa shape index (κ3) is 3.07. The van der Waals surface area contributed by atoms with Gasteiger partial charge in [-0.25, -0.2) is 4.39 Å². The average molecular weight is 251 g/mol. The van der Waals surface area contributed by atoms with E-state index in [-0.39, 0.29) is 17.8 Å². The van der Waals surface area contributed by atoms with Crippen LogP contribution in [0, 0.1) is 5.82 Å². The van der Waals surface area contributed by atoms with E-state index >= 15 is 0 Å². The van der Waals surface area contributed by atoms with Gasteiger partial charge >= 0.3 is 5.97 Å². The van der Waals surface area contributed by atoms with Crippen molar-refractivity contribution in [3.63, 3.8) is 0 Å². The molecule has 1 saturated heterocycles. The fourth-order valence-electron chi connectivity index (χ4n) is 2.41. The Morgan fingerprint density at radius 3 is 2.78 bits per heavy atom. The maximum Gasteiger partial charge on any atom is 0.323 e. The van der Waals surface area contributed by atoms with Crippen LogP contribution in [0.2, 0.25) is 0 Å². The Morgan fingerprint density at radius 1 is 1.39 bits per heavy atom. The Bertz CT molecular complexity index is 405. The van der Waals surface area contributed by atoms with Crippen LogP contribution in [0.15, 0.2) is 24.3 Å². The second kappa shape index (κ2) is 5.96. The van der Waals surface area contributed by atoms with Crippen LogP contribution in [0.5, 0.6) is 0 Å². The summed E-state index contributed by atoms with van der Waals surface area (Å²) in [6.07, 6.45) is 2.99. The molecule has 0 aromatic heterocycles. The largest absolute Gasteiger partial charge is 0.468 e. The number of halogens is 1. The summed E-state index contributed by atoms with van der Waals surface area (Å²) in [5.41, 5.74) is 1.02. The fourth-order valence-corrected chi connectivity index (χ4v) is 2.41. The molecule has 0 saturated carbocycles. The molecule has 0 bridgehead atoms. The van der Waals surface area contributed by atoms with E-state index in [4.69, 9.17) is 4.74 Å². The number of carbonyl (C=O) groups excluding carboxylic acids is 1. The average Bonchev–Trinajstić information content (AvgIpc) is 2.41. The van der Waals surface area contributed by atoms with E-state index in [0.717, 1.165) is 31.4 Å². The minimum atomic E-state index is -0.234. The third-order valence-corrected chi connectivity index (χ3v) is 3.39. The minimum Gasteiger partial charge on any atom is -0.468 e. The highest BCUT2D eigenvalue weighted by Crippen LogP contribution is 2.20. The molecule has 1 heterocycles. The highest BCUT2D eigenvalue weighted by molar-refractivity contribution is 5.75. The lowest BCUT2D eigenvalue weighted by molar-refractivity contribution is -0.148. The number of piperidine rings is 1. The van der Waals surface area contributed by atoms with Crippen molar-refractivity contribution in [2.45, 2.75) is 31.8 Å². The number of benzene rings is 1. The second-order valence-corrected chi connectivity index (χ2v) is 4.63. The molecule has 4 heteroatoms. The first-order valence-corrected chi connectivity index (χ1v) is 6.27. The molecule has 1 aliphatic heterocycles. The first-order valence-electron chi connectivity index (χ1n) is 6.27. The van der Waals surface area contributed by atoms with E-state index in [1.165, 1.54) is 19.2 Å². The van der Waals surface area contributed by atoms with Gasteiger partial charge in [0.1, 0.15) is 11.9 Å². The molecule has 0 amide bonds. The molecule has 0 aliphatic carbocycles. The fraction of sp³-hybridized carbons (Fsp3) is 0.500. The Hall–Kier alpha value is -1.42. The SMILES string of the molecule is COC(=O)C1CCCCN1Cc1ccc(F)cc1. The molecule has 0 N–H and O–H groups in total. The van der Waals surface area contributed by atoms with E-state index in [0.29, 0.717) is 6.54 Å². The van der Waals surface area contributed by atoms with Gasteiger partial charge in [0, 0.05) is 6.54 Å². The smallest absolute Gasteiger partial charge is 0.323 e. The van der Waals surface area contributed by atoms with Gasteiger partial charge < -0.3 is 4.74 Å². The second-order valence-electron chi connectivity index (χ2n) is 4.63. The number of hydrogen-bond donors (Lipinski definition) is 0. The molecule has 1 aromatic rings. The molecular formula is C14H18FNO2. The Morgan fingerprint density at radius 2 is 2.11 bits per heavy atom. The first kappa shape index (κ1) is 13.0. The van der Waals surface area contributed by atoms with Crippen LogP contribution in [0.1, 0.15) is 24.8 Å². The Balaban J connectivity index is 2.05. The summed E-state index contributed by atoms with van der Waals surface area (Å²) in [4.78, 5) is 13.8.